The Morgan fingerprint density at radius 1 is 1.09 bits per heavy atom. The maximum atomic E-state index is 13.6. The number of nitrogens with zero attached hydrogens (tertiary/aromatic N) is 3. The molecule has 1 atom stereocenters. The molecule has 0 radical (unpaired) electrons. The summed E-state index contributed by atoms with van der Waals surface area (Å²) in [4.78, 5) is 18.0. The molecule has 4 rings (SSSR count). The summed E-state index contributed by atoms with van der Waals surface area (Å²) >= 11 is 6.32. The van der Waals surface area contributed by atoms with E-state index in [-0.39, 0.29) is 17.1 Å². The molecule has 34 heavy (non-hydrogen) atoms. The number of hydrogen-bond acceptors (Lipinski definition) is 5. The van der Waals surface area contributed by atoms with Crippen molar-refractivity contribution in [1.82, 2.24) is 9.47 Å². The zero-order valence-electron chi connectivity index (χ0n) is 19.4. The van der Waals surface area contributed by atoms with Gasteiger partial charge in [-0.15, -0.1) is 0 Å². The lowest BCUT2D eigenvalue weighted by atomic mass is 9.96. The second kappa shape index (κ2) is 10.6. The van der Waals surface area contributed by atoms with Gasteiger partial charge in [0.25, 0.3) is 5.56 Å². The number of aromatic nitrogens is 1. The van der Waals surface area contributed by atoms with Gasteiger partial charge in [0.2, 0.25) is 0 Å². The van der Waals surface area contributed by atoms with Crippen LogP contribution >= 0.6 is 11.6 Å². The van der Waals surface area contributed by atoms with Crippen molar-refractivity contribution < 1.29 is 14.2 Å². The molecule has 1 saturated heterocycles. The van der Waals surface area contributed by atoms with Crippen molar-refractivity contribution in [2.45, 2.75) is 19.5 Å². The molecule has 0 amide bonds. The Morgan fingerprint density at radius 2 is 1.79 bits per heavy atom. The fourth-order valence-corrected chi connectivity index (χ4v) is 4.81. The van der Waals surface area contributed by atoms with E-state index in [1.165, 1.54) is 12.1 Å². The minimum absolute atomic E-state index is 0.0258. The van der Waals surface area contributed by atoms with Gasteiger partial charge in [0.15, 0.2) is 0 Å². The largest absolute Gasteiger partial charge is 0.507 e. The zero-order valence-corrected chi connectivity index (χ0v) is 20.1. The molecule has 0 spiro atoms. The van der Waals surface area contributed by atoms with Crippen LogP contribution in [0.2, 0.25) is 5.02 Å². The molecular formula is C26H29ClFN3O3. The second-order valence-electron chi connectivity index (χ2n) is 8.49. The fourth-order valence-electron chi connectivity index (χ4n) is 4.61. The van der Waals surface area contributed by atoms with Crippen molar-refractivity contribution in [3.05, 3.63) is 92.6 Å². The van der Waals surface area contributed by atoms with E-state index < -0.39 is 6.04 Å². The maximum absolute atomic E-state index is 13.6. The predicted molar refractivity (Wildman–Crippen MR) is 132 cm³/mol. The second-order valence-corrected chi connectivity index (χ2v) is 8.93. The first kappa shape index (κ1) is 24.3. The van der Waals surface area contributed by atoms with E-state index in [1.54, 1.807) is 42.9 Å². The molecule has 0 bridgehead atoms. The van der Waals surface area contributed by atoms with E-state index in [4.69, 9.17) is 16.3 Å². The van der Waals surface area contributed by atoms with Crippen molar-refractivity contribution in [1.29, 1.82) is 0 Å². The van der Waals surface area contributed by atoms with Gasteiger partial charge in [0.05, 0.1) is 18.2 Å². The molecule has 2 heterocycles. The summed E-state index contributed by atoms with van der Waals surface area (Å²) in [6.07, 6.45) is 0. The Labute approximate surface area is 203 Å². The lowest BCUT2D eigenvalue weighted by Crippen LogP contribution is -2.49. The lowest BCUT2D eigenvalue weighted by molar-refractivity contribution is 0.183. The van der Waals surface area contributed by atoms with Crippen LogP contribution in [0, 0.1) is 12.7 Å². The molecule has 3 aromatic rings. The SMILES string of the molecule is COCCn1c(C)cc(O)c([C@@H](c2cccc(Cl)c2)N2CCN(c3ccc(F)cc3)CC2)c1=O. The molecule has 1 N–H and O–H groups in total. The molecule has 0 saturated carbocycles. The number of ether oxygens (including phenoxy) is 1. The summed E-state index contributed by atoms with van der Waals surface area (Å²) in [6, 6.07) is 15.1. The first-order valence-electron chi connectivity index (χ1n) is 11.3. The van der Waals surface area contributed by atoms with Crippen molar-refractivity contribution in [2.24, 2.45) is 0 Å². The van der Waals surface area contributed by atoms with Gasteiger partial charge < -0.3 is 19.3 Å². The number of pyridine rings is 1. The van der Waals surface area contributed by atoms with Gasteiger partial charge in [-0.1, -0.05) is 23.7 Å². The van der Waals surface area contributed by atoms with Crippen LogP contribution in [0.25, 0.3) is 0 Å². The predicted octanol–water partition coefficient (Wildman–Crippen LogP) is 4.21. The van der Waals surface area contributed by atoms with Gasteiger partial charge in [0.1, 0.15) is 11.6 Å². The number of anilines is 1. The summed E-state index contributed by atoms with van der Waals surface area (Å²) in [6.45, 7) is 5.30. The highest BCUT2D eigenvalue weighted by Crippen LogP contribution is 2.34. The molecule has 2 aromatic carbocycles. The van der Waals surface area contributed by atoms with Gasteiger partial charge in [-0.3, -0.25) is 9.69 Å². The molecule has 180 valence electrons. The van der Waals surface area contributed by atoms with Crippen LogP contribution in [0.15, 0.2) is 59.4 Å². The summed E-state index contributed by atoms with van der Waals surface area (Å²) in [5.41, 5.74) is 2.58. The molecular weight excluding hydrogens is 457 g/mol. The van der Waals surface area contributed by atoms with Gasteiger partial charge in [-0.2, -0.15) is 0 Å². The Hall–Kier alpha value is -2.87. The van der Waals surface area contributed by atoms with Crippen molar-refractivity contribution in [3.63, 3.8) is 0 Å². The highest BCUT2D eigenvalue weighted by atomic mass is 35.5. The molecule has 1 aliphatic heterocycles. The number of aromatic hydroxyl groups is 1. The van der Waals surface area contributed by atoms with Crippen LogP contribution in [0.4, 0.5) is 10.1 Å². The van der Waals surface area contributed by atoms with E-state index in [0.29, 0.717) is 55.6 Å². The van der Waals surface area contributed by atoms with Crippen LogP contribution in [0.3, 0.4) is 0 Å². The van der Waals surface area contributed by atoms with E-state index in [9.17, 15) is 14.3 Å². The number of hydrogen-bond donors (Lipinski definition) is 1. The van der Waals surface area contributed by atoms with Crippen molar-refractivity contribution >= 4 is 17.3 Å². The third-order valence-electron chi connectivity index (χ3n) is 6.35. The number of methoxy groups -OCH3 is 1. The Bertz CT molecular complexity index is 1190. The topological polar surface area (TPSA) is 57.9 Å². The smallest absolute Gasteiger partial charge is 0.259 e. The minimum atomic E-state index is -0.462. The third-order valence-corrected chi connectivity index (χ3v) is 6.59. The molecule has 0 unspecified atom stereocenters. The van der Waals surface area contributed by atoms with E-state index in [1.807, 2.05) is 18.2 Å². The van der Waals surface area contributed by atoms with E-state index in [2.05, 4.69) is 9.80 Å². The van der Waals surface area contributed by atoms with Gasteiger partial charge >= 0.3 is 0 Å². The highest BCUT2D eigenvalue weighted by Gasteiger charge is 2.31. The monoisotopic (exact) mass is 485 g/mol. The Kier molecular flexibility index (Phi) is 7.56. The van der Waals surface area contributed by atoms with Gasteiger partial charge in [-0.05, 0) is 55.0 Å². The zero-order chi connectivity index (χ0) is 24.2. The summed E-state index contributed by atoms with van der Waals surface area (Å²) in [7, 11) is 1.59. The molecule has 1 fully saturated rings. The number of aryl methyl sites for hydroxylation is 1. The number of piperazine rings is 1. The van der Waals surface area contributed by atoms with Crippen molar-refractivity contribution in [3.8, 4) is 5.75 Å². The quantitative estimate of drug-likeness (QED) is 0.543. The van der Waals surface area contributed by atoms with Crippen LogP contribution < -0.4 is 10.5 Å². The van der Waals surface area contributed by atoms with Crippen LogP contribution in [0.1, 0.15) is 22.9 Å². The number of halogens is 2. The lowest BCUT2D eigenvalue weighted by Gasteiger charge is -2.40. The number of benzene rings is 2. The van der Waals surface area contributed by atoms with Gasteiger partial charge in [-0.25, -0.2) is 4.39 Å². The van der Waals surface area contributed by atoms with E-state index >= 15 is 0 Å². The Morgan fingerprint density at radius 3 is 2.44 bits per heavy atom. The van der Waals surface area contributed by atoms with Crippen LogP contribution in [0.5, 0.6) is 5.75 Å². The first-order chi connectivity index (χ1) is 16.4. The minimum Gasteiger partial charge on any atom is -0.507 e. The number of rotatable bonds is 7. The summed E-state index contributed by atoms with van der Waals surface area (Å²) < 4.78 is 20.2. The van der Waals surface area contributed by atoms with Crippen LogP contribution in [-0.2, 0) is 11.3 Å². The molecule has 1 aromatic heterocycles. The summed E-state index contributed by atoms with van der Waals surface area (Å²) in [5.74, 6) is -0.287. The molecule has 8 heteroatoms. The third kappa shape index (κ3) is 5.12. The van der Waals surface area contributed by atoms with Crippen LogP contribution in [-0.4, -0.2) is 54.5 Å². The summed E-state index contributed by atoms with van der Waals surface area (Å²) in [5, 5.41) is 11.5. The maximum Gasteiger partial charge on any atom is 0.259 e. The first-order valence-corrected chi connectivity index (χ1v) is 11.7. The average molecular weight is 486 g/mol. The molecule has 6 nitrogen and oxygen atoms in total. The fraction of sp³-hybridized carbons (Fsp3) is 0.346. The van der Waals surface area contributed by atoms with Gasteiger partial charge in [0, 0.05) is 56.2 Å². The molecule has 1 aliphatic rings. The van der Waals surface area contributed by atoms with E-state index in [0.717, 1.165) is 11.3 Å². The Balaban J connectivity index is 1.71. The standard InChI is InChI=1S/C26H29ClFN3O3/c1-18-16-23(32)24(26(33)31(18)14-15-34-2)25(19-4-3-5-20(27)17-19)30-12-10-29(11-13-30)22-8-6-21(28)7-9-22/h3-9,16-17,25,32H,10-15H2,1-2H3/t25-/m1/s1. The highest BCUT2D eigenvalue weighted by molar-refractivity contribution is 6.30. The molecule has 0 aliphatic carbocycles. The van der Waals surface area contributed by atoms with Crippen molar-refractivity contribution in [2.75, 3.05) is 44.8 Å². The average Bonchev–Trinajstić information content (AvgIpc) is 2.82. The normalized spacial score (nSPS) is 15.5.